The number of ether oxygens (including phenoxy) is 1. The van der Waals surface area contributed by atoms with Gasteiger partial charge in [0.15, 0.2) is 0 Å². The molecule has 1 saturated heterocycles. The van der Waals surface area contributed by atoms with Crippen molar-refractivity contribution in [1.82, 2.24) is 4.98 Å². The summed E-state index contributed by atoms with van der Waals surface area (Å²) in [5, 5.41) is 3.59. The van der Waals surface area contributed by atoms with E-state index in [-0.39, 0.29) is 29.5 Å². The van der Waals surface area contributed by atoms with Crippen LogP contribution >= 0.6 is 0 Å². The molecular weight excluding hydrogens is 392 g/mol. The Kier molecular flexibility index (Phi) is 5.22. The molecule has 0 spiro atoms. The third-order valence-corrected chi connectivity index (χ3v) is 6.87. The molecule has 2 N–H and O–H groups in total. The molecule has 2 aromatic rings. The van der Waals surface area contributed by atoms with Crippen molar-refractivity contribution < 1.29 is 9.53 Å². The van der Waals surface area contributed by atoms with Crippen molar-refractivity contribution in [3.05, 3.63) is 52.3 Å². The van der Waals surface area contributed by atoms with Crippen molar-refractivity contribution in [1.29, 1.82) is 0 Å². The molecule has 7 nitrogen and oxygen atoms in total. The van der Waals surface area contributed by atoms with E-state index in [0.717, 1.165) is 56.1 Å². The van der Waals surface area contributed by atoms with Gasteiger partial charge in [0.2, 0.25) is 11.5 Å². The molecule has 2 aliphatic heterocycles. The van der Waals surface area contributed by atoms with Crippen LogP contribution in [0.4, 0.5) is 17.2 Å². The van der Waals surface area contributed by atoms with Gasteiger partial charge in [-0.3, -0.25) is 9.59 Å². The number of morpholine rings is 1. The fourth-order valence-corrected chi connectivity index (χ4v) is 5.27. The third kappa shape index (κ3) is 3.82. The number of nitrogens with one attached hydrogen (secondary N) is 2. The zero-order chi connectivity index (χ0) is 21.5. The van der Waals surface area contributed by atoms with E-state index in [9.17, 15) is 9.59 Å². The topological polar surface area (TPSA) is 77.7 Å². The molecule has 1 amide bonds. The van der Waals surface area contributed by atoms with Gasteiger partial charge in [0.05, 0.1) is 19.3 Å². The molecule has 3 atom stereocenters. The number of rotatable bonds is 4. The van der Waals surface area contributed by atoms with Gasteiger partial charge < -0.3 is 24.8 Å². The molecule has 2 fully saturated rings. The Hall–Kier alpha value is -2.80. The standard InChI is InChI=1S/C24H30N4O3/c1-15-23(26-21-4-3-5-22(30)25-21)19-14-18(27-10-12-31-13-11-27)8-9-20(19)28(16(2)29)24(15)17-6-7-17/h3-5,8-9,14-15,17,23-24H,6-7,10-13H2,1-2H3,(H2,25,26,30)/t15-,23?,24?/m1/s1. The highest BCUT2D eigenvalue weighted by Crippen LogP contribution is 2.50. The Labute approximate surface area is 182 Å². The van der Waals surface area contributed by atoms with Gasteiger partial charge in [-0.05, 0) is 43.0 Å². The lowest BCUT2D eigenvalue weighted by Gasteiger charge is -2.46. The lowest BCUT2D eigenvalue weighted by molar-refractivity contribution is -0.117. The van der Waals surface area contributed by atoms with Gasteiger partial charge in [-0.15, -0.1) is 0 Å². The average molecular weight is 423 g/mol. The number of benzene rings is 1. The first kappa shape index (κ1) is 20.1. The number of carbonyl (C=O) groups is 1. The molecule has 2 unspecified atom stereocenters. The summed E-state index contributed by atoms with van der Waals surface area (Å²) in [5.41, 5.74) is 3.11. The Morgan fingerprint density at radius 3 is 2.61 bits per heavy atom. The average Bonchev–Trinajstić information content (AvgIpc) is 3.60. The molecule has 3 heterocycles. The maximum Gasteiger partial charge on any atom is 0.249 e. The van der Waals surface area contributed by atoms with Crippen LogP contribution in [0.1, 0.15) is 38.3 Å². The number of aromatic amines is 1. The smallest absolute Gasteiger partial charge is 0.249 e. The number of nitrogens with zero attached hydrogens (tertiary/aromatic N) is 2. The third-order valence-electron chi connectivity index (χ3n) is 6.87. The molecule has 31 heavy (non-hydrogen) atoms. The number of fused-ring (bicyclic) bond motifs is 1. The summed E-state index contributed by atoms with van der Waals surface area (Å²) in [7, 11) is 0. The molecule has 1 aliphatic carbocycles. The highest BCUT2D eigenvalue weighted by molar-refractivity contribution is 5.94. The lowest BCUT2D eigenvalue weighted by atomic mass is 9.79. The van der Waals surface area contributed by atoms with Crippen molar-refractivity contribution in [2.75, 3.05) is 41.4 Å². The van der Waals surface area contributed by atoms with Crippen LogP contribution in [-0.2, 0) is 9.53 Å². The fourth-order valence-electron chi connectivity index (χ4n) is 5.27. The first-order valence-corrected chi connectivity index (χ1v) is 11.3. The maximum atomic E-state index is 12.8. The summed E-state index contributed by atoms with van der Waals surface area (Å²) < 4.78 is 5.52. The second-order valence-electron chi connectivity index (χ2n) is 8.97. The number of pyridine rings is 1. The zero-order valence-electron chi connectivity index (χ0n) is 18.1. The highest BCUT2D eigenvalue weighted by Gasteiger charge is 2.47. The summed E-state index contributed by atoms with van der Waals surface area (Å²) >= 11 is 0. The van der Waals surface area contributed by atoms with Crippen molar-refractivity contribution in [2.24, 2.45) is 11.8 Å². The summed E-state index contributed by atoms with van der Waals surface area (Å²) in [4.78, 5) is 31.9. The normalized spacial score (nSPS) is 25.8. The summed E-state index contributed by atoms with van der Waals surface area (Å²) in [6, 6.07) is 11.8. The van der Waals surface area contributed by atoms with Crippen molar-refractivity contribution in [3.8, 4) is 0 Å². The molecule has 1 aromatic carbocycles. The van der Waals surface area contributed by atoms with Gasteiger partial charge in [-0.1, -0.05) is 13.0 Å². The van der Waals surface area contributed by atoms with E-state index in [1.54, 1.807) is 13.0 Å². The van der Waals surface area contributed by atoms with Crippen LogP contribution in [0.3, 0.4) is 0 Å². The second-order valence-corrected chi connectivity index (χ2v) is 8.97. The molecule has 0 bridgehead atoms. The number of anilines is 3. The second kappa shape index (κ2) is 8.04. The van der Waals surface area contributed by atoms with Gasteiger partial charge in [0.25, 0.3) is 0 Å². The molecule has 1 aromatic heterocycles. The highest BCUT2D eigenvalue weighted by atomic mass is 16.5. The van der Waals surface area contributed by atoms with Crippen molar-refractivity contribution in [3.63, 3.8) is 0 Å². The van der Waals surface area contributed by atoms with Gasteiger partial charge in [-0.2, -0.15) is 0 Å². The Bertz CT molecular complexity index is 1030. The summed E-state index contributed by atoms with van der Waals surface area (Å²) in [6.07, 6.45) is 2.32. The van der Waals surface area contributed by atoms with E-state index in [4.69, 9.17) is 4.74 Å². The number of carbonyl (C=O) groups excluding carboxylic acids is 1. The van der Waals surface area contributed by atoms with Gasteiger partial charge in [0, 0.05) is 55.0 Å². The minimum atomic E-state index is -0.125. The fraction of sp³-hybridized carbons (Fsp3) is 0.500. The lowest BCUT2D eigenvalue weighted by Crippen LogP contribution is -2.51. The first-order chi connectivity index (χ1) is 15.0. The summed E-state index contributed by atoms with van der Waals surface area (Å²) in [6.45, 7) is 7.07. The Balaban J connectivity index is 1.59. The quantitative estimate of drug-likeness (QED) is 0.792. The Morgan fingerprint density at radius 2 is 1.94 bits per heavy atom. The minimum absolute atomic E-state index is 0.00441. The zero-order valence-corrected chi connectivity index (χ0v) is 18.1. The van der Waals surface area contributed by atoms with E-state index >= 15 is 0 Å². The Morgan fingerprint density at radius 1 is 1.16 bits per heavy atom. The molecular formula is C24H30N4O3. The van der Waals surface area contributed by atoms with Gasteiger partial charge in [-0.25, -0.2) is 0 Å². The van der Waals surface area contributed by atoms with E-state index in [1.165, 1.54) is 6.07 Å². The van der Waals surface area contributed by atoms with Gasteiger partial charge >= 0.3 is 0 Å². The van der Waals surface area contributed by atoms with E-state index in [1.807, 2.05) is 11.0 Å². The number of amides is 1. The SMILES string of the molecule is CC(=O)N1c2ccc(N3CCOCC3)cc2C(Nc2cccc(=O)[nH]2)[C@@H](C)C1C1CC1. The summed E-state index contributed by atoms with van der Waals surface area (Å²) in [5.74, 6) is 1.53. The predicted octanol–water partition coefficient (Wildman–Crippen LogP) is 3.15. The van der Waals surface area contributed by atoms with Crippen LogP contribution in [0.15, 0.2) is 41.2 Å². The van der Waals surface area contributed by atoms with Crippen LogP contribution in [0.5, 0.6) is 0 Å². The van der Waals surface area contributed by atoms with Crippen LogP contribution < -0.4 is 20.7 Å². The maximum absolute atomic E-state index is 12.8. The number of hydrogen-bond donors (Lipinski definition) is 2. The van der Waals surface area contributed by atoms with Crippen LogP contribution in [0.25, 0.3) is 0 Å². The van der Waals surface area contributed by atoms with E-state index in [0.29, 0.717) is 11.7 Å². The van der Waals surface area contributed by atoms with E-state index < -0.39 is 0 Å². The molecule has 5 rings (SSSR count). The molecule has 7 heteroatoms. The van der Waals surface area contributed by atoms with Crippen LogP contribution in [-0.4, -0.2) is 43.2 Å². The van der Waals surface area contributed by atoms with Crippen LogP contribution in [0, 0.1) is 11.8 Å². The van der Waals surface area contributed by atoms with Gasteiger partial charge in [0.1, 0.15) is 5.82 Å². The first-order valence-electron chi connectivity index (χ1n) is 11.3. The number of H-pyrrole nitrogens is 1. The van der Waals surface area contributed by atoms with E-state index in [2.05, 4.69) is 40.3 Å². The molecule has 0 radical (unpaired) electrons. The molecule has 3 aliphatic rings. The predicted molar refractivity (Wildman–Crippen MR) is 122 cm³/mol. The van der Waals surface area contributed by atoms with Crippen molar-refractivity contribution >= 4 is 23.1 Å². The number of aromatic nitrogens is 1. The van der Waals surface area contributed by atoms with Crippen molar-refractivity contribution in [2.45, 2.75) is 38.8 Å². The van der Waals surface area contributed by atoms with Crippen LogP contribution in [0.2, 0.25) is 0 Å². The molecule has 1 saturated carbocycles. The minimum Gasteiger partial charge on any atom is -0.378 e. The largest absolute Gasteiger partial charge is 0.378 e. The number of hydrogen-bond acceptors (Lipinski definition) is 5. The monoisotopic (exact) mass is 422 g/mol. The molecule has 164 valence electrons.